The standard InChI is InChI=1S/C17H18I2N2O5/c1-3-5-21-16(23)13(20-17(21)24)8-10-6-11(18)15(12(19)7-10)26-9-14(22)25-4-2/h6-8H,3-5,9H2,1-2H3,(H,20,24)/b13-8+. The van der Waals surface area contributed by atoms with Crippen molar-refractivity contribution in [2.45, 2.75) is 20.3 Å². The third kappa shape index (κ3) is 5.09. The van der Waals surface area contributed by atoms with Crippen molar-refractivity contribution in [3.8, 4) is 5.75 Å². The minimum Gasteiger partial charge on any atom is -0.480 e. The molecule has 1 N–H and O–H groups in total. The molecule has 0 aliphatic carbocycles. The second-order valence-electron chi connectivity index (χ2n) is 5.35. The Bertz CT molecular complexity index is 741. The van der Waals surface area contributed by atoms with Gasteiger partial charge in [0.25, 0.3) is 5.91 Å². The van der Waals surface area contributed by atoms with Crippen molar-refractivity contribution in [3.63, 3.8) is 0 Å². The fraction of sp³-hybridized carbons (Fsp3) is 0.353. The number of urea groups is 1. The van der Waals surface area contributed by atoms with E-state index in [1.807, 2.05) is 19.1 Å². The first-order valence-electron chi connectivity index (χ1n) is 7.99. The average molecular weight is 584 g/mol. The van der Waals surface area contributed by atoms with Gasteiger partial charge in [-0.25, -0.2) is 9.59 Å². The van der Waals surface area contributed by atoms with Gasteiger partial charge >= 0.3 is 12.0 Å². The lowest BCUT2D eigenvalue weighted by molar-refractivity contribution is -0.145. The van der Waals surface area contributed by atoms with Crippen LogP contribution in [-0.4, -0.2) is 42.6 Å². The van der Waals surface area contributed by atoms with Gasteiger partial charge in [-0.2, -0.15) is 0 Å². The maximum Gasteiger partial charge on any atom is 0.344 e. The molecule has 1 heterocycles. The number of rotatable bonds is 7. The Labute approximate surface area is 178 Å². The number of halogens is 2. The molecule has 3 amide bonds. The SMILES string of the molecule is CCCN1C(=O)N/C(=C/c2cc(I)c(OCC(=O)OCC)c(I)c2)C1=O. The topological polar surface area (TPSA) is 84.9 Å². The van der Waals surface area contributed by atoms with Gasteiger partial charge in [0.15, 0.2) is 6.61 Å². The summed E-state index contributed by atoms with van der Waals surface area (Å²) in [5.74, 6) is -0.180. The molecule has 1 fully saturated rings. The number of amides is 3. The average Bonchev–Trinajstić information content (AvgIpc) is 2.82. The molecule has 7 nitrogen and oxygen atoms in total. The summed E-state index contributed by atoms with van der Waals surface area (Å²) in [4.78, 5) is 36.8. The van der Waals surface area contributed by atoms with E-state index in [-0.39, 0.29) is 18.2 Å². The van der Waals surface area contributed by atoms with E-state index in [9.17, 15) is 14.4 Å². The predicted molar refractivity (Wildman–Crippen MR) is 113 cm³/mol. The van der Waals surface area contributed by atoms with Crippen LogP contribution in [0.2, 0.25) is 0 Å². The lowest BCUT2D eigenvalue weighted by atomic mass is 10.2. The van der Waals surface area contributed by atoms with Crippen LogP contribution in [0.1, 0.15) is 25.8 Å². The summed E-state index contributed by atoms with van der Waals surface area (Å²) < 4.78 is 12.0. The maximum atomic E-state index is 12.3. The number of nitrogens with one attached hydrogen (secondary N) is 1. The molecule has 9 heteroatoms. The van der Waals surface area contributed by atoms with Crippen LogP contribution < -0.4 is 10.1 Å². The molecule has 0 unspecified atom stereocenters. The third-order valence-corrected chi connectivity index (χ3v) is 4.98. The van der Waals surface area contributed by atoms with Crippen LogP contribution in [0.3, 0.4) is 0 Å². The highest BCUT2D eigenvalue weighted by Gasteiger charge is 2.32. The van der Waals surface area contributed by atoms with Crippen LogP contribution in [0, 0.1) is 7.14 Å². The van der Waals surface area contributed by atoms with Crippen molar-refractivity contribution in [3.05, 3.63) is 30.5 Å². The van der Waals surface area contributed by atoms with Crippen LogP contribution in [-0.2, 0) is 14.3 Å². The molecule has 1 aliphatic rings. The van der Waals surface area contributed by atoms with E-state index in [1.54, 1.807) is 13.0 Å². The number of imide groups is 1. The normalized spacial score (nSPS) is 15.4. The fourth-order valence-corrected chi connectivity index (χ4v) is 4.43. The number of nitrogens with zero attached hydrogens (tertiary/aromatic N) is 1. The lowest BCUT2D eigenvalue weighted by Gasteiger charge is -2.11. The highest BCUT2D eigenvalue weighted by molar-refractivity contribution is 14.1. The molecule has 0 spiro atoms. The van der Waals surface area contributed by atoms with Gasteiger partial charge < -0.3 is 14.8 Å². The lowest BCUT2D eigenvalue weighted by Crippen LogP contribution is -2.31. The van der Waals surface area contributed by atoms with Crippen molar-refractivity contribution in [2.75, 3.05) is 19.8 Å². The van der Waals surface area contributed by atoms with Gasteiger partial charge in [0.05, 0.1) is 13.7 Å². The molecule has 0 saturated carbocycles. The molecule has 0 bridgehead atoms. The van der Waals surface area contributed by atoms with Gasteiger partial charge in [-0.15, -0.1) is 0 Å². The largest absolute Gasteiger partial charge is 0.480 e. The maximum absolute atomic E-state index is 12.3. The Kier molecular flexibility index (Phi) is 7.68. The summed E-state index contributed by atoms with van der Waals surface area (Å²) in [6, 6.07) is 3.23. The predicted octanol–water partition coefficient (Wildman–Crippen LogP) is 3.14. The van der Waals surface area contributed by atoms with E-state index < -0.39 is 12.0 Å². The number of benzene rings is 1. The highest BCUT2D eigenvalue weighted by atomic mass is 127. The number of esters is 1. The number of hydrogen-bond acceptors (Lipinski definition) is 5. The second-order valence-corrected chi connectivity index (χ2v) is 7.68. The molecule has 1 aliphatic heterocycles. The van der Waals surface area contributed by atoms with Crippen LogP contribution in [0.15, 0.2) is 17.8 Å². The summed E-state index contributed by atoms with van der Waals surface area (Å²) in [6.45, 7) is 4.16. The first-order chi connectivity index (χ1) is 12.4. The van der Waals surface area contributed by atoms with Gasteiger partial charge in [-0.3, -0.25) is 9.69 Å². The summed E-state index contributed by atoms with van der Waals surface area (Å²) in [5, 5.41) is 2.60. The molecule has 26 heavy (non-hydrogen) atoms. The zero-order valence-corrected chi connectivity index (χ0v) is 18.6. The summed E-state index contributed by atoms with van der Waals surface area (Å²) >= 11 is 4.20. The van der Waals surface area contributed by atoms with Gasteiger partial charge in [-0.1, -0.05) is 6.92 Å². The first-order valence-corrected chi connectivity index (χ1v) is 10.1. The minimum atomic E-state index is -0.430. The van der Waals surface area contributed by atoms with E-state index in [1.165, 1.54) is 4.90 Å². The summed E-state index contributed by atoms with van der Waals surface area (Å²) in [6.07, 6.45) is 2.34. The number of hydrogen-bond donors (Lipinski definition) is 1. The monoisotopic (exact) mass is 584 g/mol. The molecule has 140 valence electrons. The van der Waals surface area contributed by atoms with Crippen LogP contribution in [0.4, 0.5) is 4.79 Å². The zero-order valence-electron chi connectivity index (χ0n) is 14.3. The summed E-state index contributed by atoms with van der Waals surface area (Å²) in [5.41, 5.74) is 1.000. The van der Waals surface area contributed by atoms with Crippen LogP contribution in [0.5, 0.6) is 5.75 Å². The highest BCUT2D eigenvalue weighted by Crippen LogP contribution is 2.30. The zero-order chi connectivity index (χ0) is 19.3. The van der Waals surface area contributed by atoms with Crippen molar-refractivity contribution < 1.29 is 23.9 Å². The molecule has 0 aromatic heterocycles. The van der Waals surface area contributed by atoms with Gasteiger partial charge in [-0.05, 0) is 82.3 Å². The quantitative estimate of drug-likeness (QED) is 0.231. The Balaban J connectivity index is 2.18. The van der Waals surface area contributed by atoms with Crippen molar-refractivity contribution in [1.82, 2.24) is 10.2 Å². The molecular formula is C17H18I2N2O5. The molecule has 0 atom stereocenters. The van der Waals surface area contributed by atoms with Crippen LogP contribution >= 0.6 is 45.2 Å². The fourth-order valence-electron chi connectivity index (χ4n) is 2.30. The van der Waals surface area contributed by atoms with E-state index in [0.29, 0.717) is 25.3 Å². The molecule has 0 radical (unpaired) electrons. The Morgan fingerprint density at radius 3 is 2.46 bits per heavy atom. The molecule has 2 rings (SSSR count). The summed E-state index contributed by atoms with van der Waals surface area (Å²) in [7, 11) is 0. The van der Waals surface area contributed by atoms with E-state index in [4.69, 9.17) is 9.47 Å². The van der Waals surface area contributed by atoms with Gasteiger partial charge in [0, 0.05) is 6.54 Å². The van der Waals surface area contributed by atoms with Crippen molar-refractivity contribution >= 4 is 69.2 Å². The number of carbonyl (C=O) groups is 3. The van der Waals surface area contributed by atoms with Gasteiger partial charge in [0.1, 0.15) is 11.4 Å². The van der Waals surface area contributed by atoms with Crippen LogP contribution in [0.25, 0.3) is 6.08 Å². The van der Waals surface area contributed by atoms with Crippen molar-refractivity contribution in [1.29, 1.82) is 0 Å². The Morgan fingerprint density at radius 1 is 1.23 bits per heavy atom. The first kappa shape index (κ1) is 20.9. The second kappa shape index (κ2) is 9.53. The number of ether oxygens (including phenoxy) is 2. The third-order valence-electron chi connectivity index (χ3n) is 3.38. The molecule has 1 aromatic carbocycles. The Morgan fingerprint density at radius 2 is 1.88 bits per heavy atom. The van der Waals surface area contributed by atoms with E-state index in [0.717, 1.165) is 12.7 Å². The van der Waals surface area contributed by atoms with E-state index >= 15 is 0 Å². The molecule has 1 aromatic rings. The van der Waals surface area contributed by atoms with E-state index in [2.05, 4.69) is 50.5 Å². The molecular weight excluding hydrogens is 566 g/mol. The van der Waals surface area contributed by atoms with Gasteiger partial charge in [0.2, 0.25) is 0 Å². The number of carbonyl (C=O) groups excluding carboxylic acids is 3. The minimum absolute atomic E-state index is 0.166. The van der Waals surface area contributed by atoms with Crippen molar-refractivity contribution in [2.24, 2.45) is 0 Å². The smallest absolute Gasteiger partial charge is 0.344 e. The molecule has 1 saturated heterocycles. The Hall–Kier alpha value is -1.37.